The molecule has 0 N–H and O–H groups in total. The maximum absolute atomic E-state index is 12.4. The summed E-state index contributed by atoms with van der Waals surface area (Å²) < 4.78 is 11.4. The lowest BCUT2D eigenvalue weighted by Gasteiger charge is -2.35. The van der Waals surface area contributed by atoms with Gasteiger partial charge in [-0.15, -0.1) is 0 Å². The highest BCUT2D eigenvalue weighted by Crippen LogP contribution is 2.41. The molecule has 0 saturated carbocycles. The van der Waals surface area contributed by atoms with Gasteiger partial charge in [0.25, 0.3) is 0 Å². The lowest BCUT2D eigenvalue weighted by atomic mass is 9.89. The van der Waals surface area contributed by atoms with Crippen LogP contribution in [0, 0.1) is 0 Å². The quantitative estimate of drug-likeness (QED) is 0.728. The van der Waals surface area contributed by atoms with Gasteiger partial charge in [-0.3, -0.25) is 4.98 Å². The van der Waals surface area contributed by atoms with Gasteiger partial charge in [0.05, 0.1) is 11.7 Å². The molecule has 5 nitrogen and oxygen atoms in total. The molecule has 1 amide bonds. The van der Waals surface area contributed by atoms with E-state index in [1.165, 1.54) is 5.57 Å². The third-order valence-corrected chi connectivity index (χ3v) is 4.54. The number of rotatable bonds is 0. The molecule has 5 heteroatoms. The summed E-state index contributed by atoms with van der Waals surface area (Å²) in [6.45, 7) is 7.38. The Labute approximate surface area is 147 Å². The number of benzene rings is 1. The minimum Gasteiger partial charge on any atom is -0.487 e. The Morgan fingerprint density at radius 1 is 1.28 bits per heavy atom. The second-order valence-corrected chi connectivity index (χ2v) is 7.54. The predicted molar refractivity (Wildman–Crippen MR) is 96.6 cm³/mol. The van der Waals surface area contributed by atoms with Crippen molar-refractivity contribution in [3.63, 3.8) is 0 Å². The molecule has 1 aromatic heterocycles. The van der Waals surface area contributed by atoms with E-state index in [0.717, 1.165) is 34.2 Å². The fourth-order valence-electron chi connectivity index (χ4n) is 3.45. The molecule has 0 saturated heterocycles. The molecule has 0 atom stereocenters. The predicted octanol–water partition coefficient (Wildman–Crippen LogP) is 4.02. The molecule has 2 aromatic rings. The van der Waals surface area contributed by atoms with E-state index in [2.05, 4.69) is 11.1 Å². The third-order valence-electron chi connectivity index (χ3n) is 4.54. The van der Waals surface area contributed by atoms with Crippen molar-refractivity contribution in [1.29, 1.82) is 0 Å². The second-order valence-electron chi connectivity index (χ2n) is 7.54. The average Bonchev–Trinajstić information content (AvgIpc) is 2.59. The van der Waals surface area contributed by atoms with Crippen LogP contribution in [-0.2, 0) is 4.74 Å². The zero-order valence-electron chi connectivity index (χ0n) is 14.8. The molecule has 0 unspecified atom stereocenters. The number of nitrogens with zero attached hydrogens (tertiary/aromatic N) is 2. The number of para-hydroxylation sites is 1. The van der Waals surface area contributed by atoms with Gasteiger partial charge in [0.2, 0.25) is 0 Å². The number of hydrogen-bond acceptors (Lipinski definition) is 4. The van der Waals surface area contributed by atoms with Crippen LogP contribution in [0.25, 0.3) is 16.5 Å². The van der Waals surface area contributed by atoms with Crippen LogP contribution in [-0.4, -0.2) is 41.3 Å². The zero-order valence-corrected chi connectivity index (χ0v) is 14.8. The first-order valence-corrected chi connectivity index (χ1v) is 8.62. The highest BCUT2D eigenvalue weighted by molar-refractivity contribution is 5.96. The SMILES string of the molecule is CC(C)(C)OC(=O)N1CCC2=C(COc3cnc4ccccc4c32)C1. The Balaban J connectivity index is 1.69. The van der Waals surface area contributed by atoms with Crippen LogP contribution in [0.15, 0.2) is 36.0 Å². The first kappa shape index (κ1) is 15.9. The van der Waals surface area contributed by atoms with Crippen LogP contribution in [0.3, 0.4) is 0 Å². The Morgan fingerprint density at radius 2 is 2.08 bits per heavy atom. The molecule has 4 rings (SSSR count). The monoisotopic (exact) mass is 338 g/mol. The first-order valence-electron chi connectivity index (χ1n) is 8.62. The van der Waals surface area contributed by atoms with Crippen LogP contribution in [0.5, 0.6) is 5.75 Å². The van der Waals surface area contributed by atoms with Crippen molar-refractivity contribution in [3.05, 3.63) is 41.6 Å². The summed E-state index contributed by atoms with van der Waals surface area (Å²) in [6.07, 6.45) is 2.35. The van der Waals surface area contributed by atoms with Crippen molar-refractivity contribution in [3.8, 4) is 5.75 Å². The van der Waals surface area contributed by atoms with Crippen molar-refractivity contribution in [1.82, 2.24) is 9.88 Å². The van der Waals surface area contributed by atoms with E-state index < -0.39 is 5.60 Å². The summed E-state index contributed by atoms with van der Waals surface area (Å²) in [5.74, 6) is 0.836. The van der Waals surface area contributed by atoms with E-state index in [4.69, 9.17) is 9.47 Å². The molecule has 2 aliphatic rings. The van der Waals surface area contributed by atoms with Gasteiger partial charge in [-0.25, -0.2) is 4.79 Å². The summed E-state index contributed by atoms with van der Waals surface area (Å²) in [5.41, 5.74) is 4.06. The molecule has 3 heterocycles. The third kappa shape index (κ3) is 2.95. The standard InChI is InChI=1S/C20H22N2O3/c1-20(2,3)25-19(23)22-9-8-14-13(11-22)12-24-17-10-21-16-7-5-4-6-15(16)18(14)17/h4-7,10H,8-9,11-12H2,1-3H3. The smallest absolute Gasteiger partial charge is 0.410 e. The van der Waals surface area contributed by atoms with Gasteiger partial charge < -0.3 is 14.4 Å². The summed E-state index contributed by atoms with van der Waals surface area (Å²) in [6, 6.07) is 8.11. The molecule has 0 spiro atoms. The van der Waals surface area contributed by atoms with Gasteiger partial charge in [0.1, 0.15) is 18.0 Å². The largest absolute Gasteiger partial charge is 0.487 e. The minimum absolute atomic E-state index is 0.260. The fraction of sp³-hybridized carbons (Fsp3) is 0.400. The molecular weight excluding hydrogens is 316 g/mol. The van der Waals surface area contributed by atoms with E-state index in [0.29, 0.717) is 19.7 Å². The number of ether oxygens (including phenoxy) is 2. The van der Waals surface area contributed by atoms with E-state index in [-0.39, 0.29) is 6.09 Å². The molecule has 0 fully saturated rings. The molecule has 0 bridgehead atoms. The van der Waals surface area contributed by atoms with Crippen molar-refractivity contribution in [2.75, 3.05) is 19.7 Å². The highest BCUT2D eigenvalue weighted by atomic mass is 16.6. The van der Waals surface area contributed by atoms with Crippen molar-refractivity contribution in [2.24, 2.45) is 0 Å². The Bertz CT molecular complexity index is 880. The van der Waals surface area contributed by atoms with Gasteiger partial charge in [0, 0.05) is 24.0 Å². The van der Waals surface area contributed by atoms with E-state index >= 15 is 0 Å². The van der Waals surface area contributed by atoms with Crippen molar-refractivity contribution >= 4 is 22.6 Å². The number of carbonyl (C=O) groups is 1. The minimum atomic E-state index is -0.483. The van der Waals surface area contributed by atoms with Crippen LogP contribution >= 0.6 is 0 Å². The number of fused-ring (bicyclic) bond motifs is 4. The van der Waals surface area contributed by atoms with Crippen LogP contribution in [0.2, 0.25) is 0 Å². The van der Waals surface area contributed by atoms with E-state index in [1.54, 1.807) is 4.90 Å². The second kappa shape index (κ2) is 5.76. The molecule has 0 radical (unpaired) electrons. The molecule has 2 aliphatic heterocycles. The number of pyridine rings is 1. The van der Waals surface area contributed by atoms with Gasteiger partial charge in [-0.05, 0) is 44.4 Å². The van der Waals surface area contributed by atoms with Gasteiger partial charge in [-0.1, -0.05) is 18.2 Å². The van der Waals surface area contributed by atoms with Crippen molar-refractivity contribution in [2.45, 2.75) is 32.8 Å². The lowest BCUT2D eigenvalue weighted by Crippen LogP contribution is -2.42. The fourth-order valence-corrected chi connectivity index (χ4v) is 3.45. The van der Waals surface area contributed by atoms with E-state index in [1.807, 2.05) is 45.2 Å². The average molecular weight is 338 g/mol. The molecule has 130 valence electrons. The van der Waals surface area contributed by atoms with E-state index in [9.17, 15) is 4.79 Å². The molecule has 0 aliphatic carbocycles. The summed E-state index contributed by atoms with van der Waals surface area (Å²) >= 11 is 0. The zero-order chi connectivity index (χ0) is 17.6. The van der Waals surface area contributed by atoms with Gasteiger partial charge in [0.15, 0.2) is 0 Å². The number of amides is 1. The topological polar surface area (TPSA) is 51.7 Å². The summed E-state index contributed by atoms with van der Waals surface area (Å²) in [4.78, 5) is 18.6. The Morgan fingerprint density at radius 3 is 2.88 bits per heavy atom. The molecular formula is C20H22N2O3. The lowest BCUT2D eigenvalue weighted by molar-refractivity contribution is 0.0260. The van der Waals surface area contributed by atoms with Gasteiger partial charge >= 0.3 is 6.09 Å². The van der Waals surface area contributed by atoms with Crippen LogP contribution in [0.1, 0.15) is 32.8 Å². The number of carbonyl (C=O) groups excluding carboxylic acids is 1. The van der Waals surface area contributed by atoms with Gasteiger partial charge in [-0.2, -0.15) is 0 Å². The molecule has 1 aromatic carbocycles. The maximum Gasteiger partial charge on any atom is 0.410 e. The highest BCUT2D eigenvalue weighted by Gasteiger charge is 2.31. The Hall–Kier alpha value is -2.56. The number of aromatic nitrogens is 1. The first-order chi connectivity index (χ1) is 11.9. The number of hydrogen-bond donors (Lipinski definition) is 0. The van der Waals surface area contributed by atoms with Crippen LogP contribution < -0.4 is 4.74 Å². The Kier molecular flexibility index (Phi) is 3.67. The van der Waals surface area contributed by atoms with Crippen molar-refractivity contribution < 1.29 is 14.3 Å². The summed E-state index contributed by atoms with van der Waals surface area (Å²) in [7, 11) is 0. The maximum atomic E-state index is 12.4. The van der Waals surface area contributed by atoms with Crippen LogP contribution in [0.4, 0.5) is 4.79 Å². The summed E-state index contributed by atoms with van der Waals surface area (Å²) in [5, 5.41) is 1.11. The molecule has 25 heavy (non-hydrogen) atoms. The normalized spacial score (nSPS) is 17.0.